The highest BCUT2D eigenvalue weighted by Crippen LogP contribution is 2.29. The Bertz CT molecular complexity index is 447. The number of alkyl halides is 3. The molecule has 8 heteroatoms. The van der Waals surface area contributed by atoms with Gasteiger partial charge in [-0.05, 0) is 12.1 Å². The molecule has 0 aliphatic heterocycles. The lowest BCUT2D eigenvalue weighted by molar-refractivity contribution is -0.198. The molecule has 1 atom stereocenters. The van der Waals surface area contributed by atoms with Crippen LogP contribution in [0.3, 0.4) is 0 Å². The number of ether oxygens (including phenoxy) is 1. The van der Waals surface area contributed by atoms with Crippen molar-refractivity contribution in [3.05, 3.63) is 29.0 Å². The maximum absolute atomic E-state index is 13.3. The fraction of sp³-hybridized carbons (Fsp3) is 0.300. The van der Waals surface area contributed by atoms with E-state index in [4.69, 9.17) is 16.7 Å². The van der Waals surface area contributed by atoms with E-state index in [0.717, 1.165) is 6.07 Å². The third kappa shape index (κ3) is 3.49. The number of hydrogen-bond donors (Lipinski definition) is 1. The van der Waals surface area contributed by atoms with Crippen LogP contribution < -0.4 is 4.74 Å². The third-order valence-electron chi connectivity index (χ3n) is 2.01. The molecule has 1 rings (SSSR count). The number of carboxylic acids is 1. The molecular formula is C10H7ClF4O3. The molecule has 1 unspecified atom stereocenters. The van der Waals surface area contributed by atoms with Gasteiger partial charge in [0, 0.05) is 0 Å². The molecule has 18 heavy (non-hydrogen) atoms. The van der Waals surface area contributed by atoms with Gasteiger partial charge in [-0.1, -0.05) is 17.7 Å². The molecule has 0 aromatic heterocycles. The maximum Gasteiger partial charge on any atom is 0.405 e. The van der Waals surface area contributed by atoms with Crippen molar-refractivity contribution in [2.45, 2.75) is 6.18 Å². The van der Waals surface area contributed by atoms with Gasteiger partial charge in [0.25, 0.3) is 0 Å². The molecule has 0 saturated carbocycles. The molecule has 1 aromatic rings. The van der Waals surface area contributed by atoms with E-state index in [9.17, 15) is 22.4 Å². The molecule has 0 amide bonds. The standard InChI is InChI=1S/C10H7ClF4O3/c11-6-2-1-3-7(8(6)12)18-4-5(9(16)17)10(13,14)15/h1-3,5H,4H2,(H,16,17). The Morgan fingerprint density at radius 2 is 2.06 bits per heavy atom. The van der Waals surface area contributed by atoms with E-state index in [1.54, 1.807) is 0 Å². The Kier molecular flexibility index (Phi) is 4.39. The van der Waals surface area contributed by atoms with Crippen molar-refractivity contribution in [2.75, 3.05) is 6.61 Å². The molecule has 0 heterocycles. The van der Waals surface area contributed by atoms with Crippen LogP contribution in [0.15, 0.2) is 18.2 Å². The van der Waals surface area contributed by atoms with Crippen LogP contribution in [-0.2, 0) is 4.79 Å². The van der Waals surface area contributed by atoms with Crippen LogP contribution in [0.5, 0.6) is 5.75 Å². The van der Waals surface area contributed by atoms with Gasteiger partial charge in [0.2, 0.25) is 0 Å². The summed E-state index contributed by atoms with van der Waals surface area (Å²) in [6.07, 6.45) is -4.97. The van der Waals surface area contributed by atoms with Crippen LogP contribution in [0.4, 0.5) is 17.6 Å². The van der Waals surface area contributed by atoms with E-state index >= 15 is 0 Å². The van der Waals surface area contributed by atoms with Crippen molar-refractivity contribution in [2.24, 2.45) is 5.92 Å². The van der Waals surface area contributed by atoms with E-state index in [-0.39, 0.29) is 5.02 Å². The molecule has 100 valence electrons. The Labute approximate surface area is 104 Å². The van der Waals surface area contributed by atoms with Gasteiger partial charge in [0.05, 0.1) is 5.02 Å². The topological polar surface area (TPSA) is 46.5 Å². The zero-order valence-electron chi connectivity index (χ0n) is 8.67. The molecule has 1 N–H and O–H groups in total. The molecule has 3 nitrogen and oxygen atoms in total. The maximum atomic E-state index is 13.3. The molecule has 0 fully saturated rings. The smallest absolute Gasteiger partial charge is 0.405 e. The highest BCUT2D eigenvalue weighted by atomic mass is 35.5. The number of benzene rings is 1. The minimum atomic E-state index is -4.97. The van der Waals surface area contributed by atoms with Gasteiger partial charge in [-0.15, -0.1) is 0 Å². The second-order valence-electron chi connectivity index (χ2n) is 3.30. The molecule has 0 radical (unpaired) electrons. The van der Waals surface area contributed by atoms with Gasteiger partial charge in [-0.3, -0.25) is 4.79 Å². The summed E-state index contributed by atoms with van der Waals surface area (Å²) in [6, 6.07) is 3.50. The van der Waals surface area contributed by atoms with Crippen LogP contribution >= 0.6 is 11.6 Å². The normalized spacial score (nSPS) is 13.2. The summed E-state index contributed by atoms with van der Waals surface area (Å²) in [4.78, 5) is 10.4. The van der Waals surface area contributed by atoms with Gasteiger partial charge in [0.15, 0.2) is 17.5 Å². The zero-order valence-corrected chi connectivity index (χ0v) is 9.43. The first-order valence-electron chi connectivity index (χ1n) is 4.60. The molecule has 1 aromatic carbocycles. The first-order valence-corrected chi connectivity index (χ1v) is 4.97. The van der Waals surface area contributed by atoms with Gasteiger partial charge in [-0.2, -0.15) is 13.2 Å². The van der Waals surface area contributed by atoms with Gasteiger partial charge < -0.3 is 9.84 Å². The lowest BCUT2D eigenvalue weighted by atomic mass is 10.1. The summed E-state index contributed by atoms with van der Waals surface area (Å²) in [5, 5.41) is 8.06. The number of hydrogen-bond acceptors (Lipinski definition) is 2. The Morgan fingerprint density at radius 3 is 2.56 bits per heavy atom. The van der Waals surface area contributed by atoms with Crippen LogP contribution in [-0.4, -0.2) is 23.9 Å². The van der Waals surface area contributed by atoms with E-state index < -0.39 is 36.2 Å². The largest absolute Gasteiger partial charge is 0.489 e. The van der Waals surface area contributed by atoms with Crippen LogP contribution in [0.2, 0.25) is 5.02 Å². The number of carbonyl (C=O) groups is 1. The molecular weight excluding hydrogens is 280 g/mol. The van der Waals surface area contributed by atoms with Crippen molar-refractivity contribution in [1.29, 1.82) is 0 Å². The third-order valence-corrected chi connectivity index (χ3v) is 2.31. The van der Waals surface area contributed by atoms with E-state index in [2.05, 4.69) is 4.74 Å². The molecule has 0 aliphatic carbocycles. The Morgan fingerprint density at radius 1 is 1.44 bits per heavy atom. The summed E-state index contributed by atoms with van der Waals surface area (Å²) in [5.41, 5.74) is 0. The van der Waals surface area contributed by atoms with Crippen LogP contribution in [0.25, 0.3) is 0 Å². The SMILES string of the molecule is O=C(O)C(COc1cccc(Cl)c1F)C(F)(F)F. The van der Waals surface area contributed by atoms with E-state index in [1.807, 2.05) is 0 Å². The van der Waals surface area contributed by atoms with Crippen molar-refractivity contribution in [1.82, 2.24) is 0 Å². The summed E-state index contributed by atoms with van der Waals surface area (Å²) >= 11 is 5.39. The van der Waals surface area contributed by atoms with Gasteiger partial charge in [-0.25, -0.2) is 4.39 Å². The predicted octanol–water partition coefficient (Wildman–Crippen LogP) is 3.12. The number of carboxylic acid groups (broad SMARTS) is 1. The average molecular weight is 287 g/mol. The monoisotopic (exact) mass is 286 g/mol. The van der Waals surface area contributed by atoms with Gasteiger partial charge >= 0.3 is 12.1 Å². The fourth-order valence-electron chi connectivity index (χ4n) is 1.07. The van der Waals surface area contributed by atoms with Crippen molar-refractivity contribution in [3.63, 3.8) is 0 Å². The van der Waals surface area contributed by atoms with Crippen LogP contribution in [0, 0.1) is 11.7 Å². The molecule has 0 spiro atoms. The number of rotatable bonds is 4. The van der Waals surface area contributed by atoms with E-state index in [0.29, 0.717) is 0 Å². The Balaban J connectivity index is 2.80. The summed E-state index contributed by atoms with van der Waals surface area (Å²) in [6.45, 7) is -1.23. The molecule has 0 bridgehead atoms. The van der Waals surface area contributed by atoms with Crippen LogP contribution in [0.1, 0.15) is 0 Å². The van der Waals surface area contributed by atoms with Crippen molar-refractivity contribution in [3.8, 4) is 5.75 Å². The fourth-order valence-corrected chi connectivity index (χ4v) is 1.24. The van der Waals surface area contributed by atoms with Gasteiger partial charge in [0.1, 0.15) is 6.61 Å². The predicted molar refractivity (Wildman–Crippen MR) is 54.1 cm³/mol. The Hall–Kier alpha value is -1.50. The first kappa shape index (κ1) is 14.6. The second kappa shape index (κ2) is 5.43. The zero-order chi connectivity index (χ0) is 13.9. The van der Waals surface area contributed by atoms with Crippen molar-refractivity contribution < 1.29 is 32.2 Å². The summed E-state index contributed by atoms with van der Waals surface area (Å²) < 4.78 is 54.6. The average Bonchev–Trinajstić information content (AvgIpc) is 2.22. The minimum Gasteiger partial charge on any atom is -0.489 e. The second-order valence-corrected chi connectivity index (χ2v) is 3.70. The number of aliphatic carboxylic acids is 1. The first-order chi connectivity index (χ1) is 8.23. The highest BCUT2D eigenvalue weighted by Gasteiger charge is 2.45. The lowest BCUT2D eigenvalue weighted by Crippen LogP contribution is -2.35. The summed E-state index contributed by atoms with van der Waals surface area (Å²) in [5.74, 6) is -6.38. The lowest BCUT2D eigenvalue weighted by Gasteiger charge is -2.17. The highest BCUT2D eigenvalue weighted by molar-refractivity contribution is 6.30. The van der Waals surface area contributed by atoms with Crippen molar-refractivity contribution >= 4 is 17.6 Å². The molecule has 0 saturated heterocycles. The van der Waals surface area contributed by atoms with E-state index in [1.165, 1.54) is 12.1 Å². The number of halogens is 5. The summed E-state index contributed by atoms with van der Waals surface area (Å²) in [7, 11) is 0. The quantitative estimate of drug-likeness (QED) is 0.865. The molecule has 0 aliphatic rings. The minimum absolute atomic E-state index is 0.327.